The molecule has 0 heterocycles. The van der Waals surface area contributed by atoms with Gasteiger partial charge in [-0.1, -0.05) is 17.7 Å². The van der Waals surface area contributed by atoms with Crippen LogP contribution in [0.5, 0.6) is 5.75 Å². The summed E-state index contributed by atoms with van der Waals surface area (Å²) in [4.78, 5) is 24.6. The van der Waals surface area contributed by atoms with Crippen LogP contribution in [0.4, 0.5) is 0 Å². The van der Waals surface area contributed by atoms with Crippen molar-refractivity contribution in [2.75, 3.05) is 6.54 Å². The number of carbonyl (C=O) groups is 2. The molecule has 0 radical (unpaired) electrons. The topological polar surface area (TPSA) is 55.4 Å². The van der Waals surface area contributed by atoms with Crippen molar-refractivity contribution in [2.24, 2.45) is 0 Å². The van der Waals surface area contributed by atoms with E-state index >= 15 is 0 Å². The monoisotopic (exact) mass is 327 g/mol. The van der Waals surface area contributed by atoms with Gasteiger partial charge in [-0.25, -0.2) is 0 Å². The molecule has 0 aromatic heterocycles. The number of hydrogen-bond donors (Lipinski definition) is 1. The van der Waals surface area contributed by atoms with E-state index in [-0.39, 0.29) is 24.3 Å². The Morgan fingerprint density at radius 2 is 1.96 bits per heavy atom. The minimum absolute atomic E-state index is 0.0460. The Bertz CT molecular complexity index is 726. The third kappa shape index (κ3) is 4.13. The van der Waals surface area contributed by atoms with Crippen LogP contribution < -0.4 is 10.1 Å². The minimum Gasteiger partial charge on any atom is -0.491 e. The van der Waals surface area contributed by atoms with Gasteiger partial charge in [0.05, 0.1) is 6.10 Å². The lowest BCUT2D eigenvalue weighted by Crippen LogP contribution is -2.29. The molecule has 0 unspecified atom stereocenters. The van der Waals surface area contributed by atoms with Crippen LogP contribution in [0.1, 0.15) is 50.0 Å². The summed E-state index contributed by atoms with van der Waals surface area (Å²) in [6.07, 6.45) is 2.48. The molecule has 1 N–H and O–H groups in total. The molecule has 0 bridgehead atoms. The van der Waals surface area contributed by atoms with Crippen molar-refractivity contribution in [3.63, 3.8) is 0 Å². The maximum atomic E-state index is 12.5. The lowest BCUT2D eigenvalue weighted by Gasteiger charge is -2.17. The standard InChI is InChI=1S/C20H25NO3/c1-12(2)24-19-8-6-7-16(15(19)5)20(23)21-11-17-14(4)9-13(3)10-18(17)22/h6-9,12H,10-11H2,1-5H3,(H,21,23). The number of nitrogens with one attached hydrogen (secondary N) is 1. The van der Waals surface area contributed by atoms with Crippen LogP contribution >= 0.6 is 0 Å². The third-order valence-electron chi connectivity index (χ3n) is 4.03. The maximum Gasteiger partial charge on any atom is 0.251 e. The number of ketones is 1. The first-order valence-corrected chi connectivity index (χ1v) is 8.24. The van der Waals surface area contributed by atoms with Crippen molar-refractivity contribution < 1.29 is 14.3 Å². The summed E-state index contributed by atoms with van der Waals surface area (Å²) in [5.41, 5.74) is 4.04. The Balaban J connectivity index is 2.14. The molecule has 24 heavy (non-hydrogen) atoms. The van der Waals surface area contributed by atoms with E-state index in [1.807, 2.05) is 52.8 Å². The largest absolute Gasteiger partial charge is 0.491 e. The highest BCUT2D eigenvalue weighted by atomic mass is 16.5. The number of benzene rings is 1. The Hall–Kier alpha value is -2.36. The van der Waals surface area contributed by atoms with E-state index in [4.69, 9.17) is 4.74 Å². The van der Waals surface area contributed by atoms with Crippen LogP contribution in [0.25, 0.3) is 0 Å². The highest BCUT2D eigenvalue weighted by molar-refractivity contribution is 6.01. The van der Waals surface area contributed by atoms with Crippen LogP contribution in [0, 0.1) is 6.92 Å². The van der Waals surface area contributed by atoms with Gasteiger partial charge in [0.25, 0.3) is 5.91 Å². The Kier molecular flexibility index (Phi) is 5.60. The average molecular weight is 327 g/mol. The van der Waals surface area contributed by atoms with Gasteiger partial charge in [0.15, 0.2) is 5.78 Å². The summed E-state index contributed by atoms with van der Waals surface area (Å²) in [7, 11) is 0. The first-order valence-electron chi connectivity index (χ1n) is 8.24. The number of amides is 1. The van der Waals surface area contributed by atoms with Crippen molar-refractivity contribution in [1.82, 2.24) is 5.32 Å². The fourth-order valence-corrected chi connectivity index (χ4v) is 2.83. The summed E-state index contributed by atoms with van der Waals surface area (Å²) < 4.78 is 5.72. The quantitative estimate of drug-likeness (QED) is 0.896. The summed E-state index contributed by atoms with van der Waals surface area (Å²) in [6.45, 7) is 9.87. The maximum absolute atomic E-state index is 12.5. The first kappa shape index (κ1) is 18.0. The fraction of sp³-hybridized carbons (Fsp3) is 0.400. The molecule has 0 fully saturated rings. The van der Waals surface area contributed by atoms with E-state index in [1.54, 1.807) is 6.07 Å². The van der Waals surface area contributed by atoms with Gasteiger partial charge in [-0.05, 0) is 52.3 Å². The number of Topliss-reactive ketones (excluding diaryl/α,β-unsaturated/α-hetero) is 1. The predicted octanol–water partition coefficient (Wildman–Crippen LogP) is 3.75. The van der Waals surface area contributed by atoms with E-state index in [2.05, 4.69) is 5.32 Å². The highest BCUT2D eigenvalue weighted by Crippen LogP contribution is 2.23. The molecule has 1 aromatic carbocycles. The van der Waals surface area contributed by atoms with Gasteiger partial charge in [-0.15, -0.1) is 0 Å². The van der Waals surface area contributed by atoms with Crippen molar-refractivity contribution in [3.8, 4) is 5.75 Å². The van der Waals surface area contributed by atoms with E-state index in [0.717, 1.165) is 16.7 Å². The molecule has 0 saturated carbocycles. The van der Waals surface area contributed by atoms with Crippen LogP contribution in [0.15, 0.2) is 41.0 Å². The number of carbonyl (C=O) groups excluding carboxylic acids is 2. The molecule has 128 valence electrons. The van der Waals surface area contributed by atoms with Crippen LogP contribution in [-0.2, 0) is 4.79 Å². The van der Waals surface area contributed by atoms with E-state index < -0.39 is 0 Å². The van der Waals surface area contributed by atoms with Crippen LogP contribution in [0.3, 0.4) is 0 Å². The molecular formula is C20H25NO3. The van der Waals surface area contributed by atoms with E-state index in [0.29, 0.717) is 23.3 Å². The molecule has 0 spiro atoms. The fourth-order valence-electron chi connectivity index (χ4n) is 2.83. The molecule has 1 aliphatic carbocycles. The van der Waals surface area contributed by atoms with Crippen molar-refractivity contribution >= 4 is 11.7 Å². The van der Waals surface area contributed by atoms with Gasteiger partial charge in [0, 0.05) is 29.7 Å². The first-order chi connectivity index (χ1) is 11.3. The van der Waals surface area contributed by atoms with Gasteiger partial charge in [-0.3, -0.25) is 9.59 Å². The van der Waals surface area contributed by atoms with E-state index in [9.17, 15) is 9.59 Å². The van der Waals surface area contributed by atoms with Gasteiger partial charge in [0.1, 0.15) is 5.75 Å². The second-order valence-corrected chi connectivity index (χ2v) is 6.53. The lowest BCUT2D eigenvalue weighted by atomic mass is 9.92. The van der Waals surface area contributed by atoms with Crippen molar-refractivity contribution in [1.29, 1.82) is 0 Å². The number of rotatable bonds is 5. The van der Waals surface area contributed by atoms with E-state index in [1.165, 1.54) is 0 Å². The number of allylic oxidation sites excluding steroid dienone is 3. The predicted molar refractivity (Wildman–Crippen MR) is 95.4 cm³/mol. The summed E-state index contributed by atoms with van der Waals surface area (Å²) in [5, 5.41) is 2.86. The SMILES string of the molecule is CC1=CC(C)=C(CNC(=O)c2cccc(OC(C)C)c2C)C(=O)C1. The molecule has 0 atom stereocenters. The zero-order chi connectivity index (χ0) is 17.9. The summed E-state index contributed by atoms with van der Waals surface area (Å²) in [5.74, 6) is 0.600. The number of ether oxygens (including phenoxy) is 1. The summed E-state index contributed by atoms with van der Waals surface area (Å²) >= 11 is 0. The zero-order valence-corrected chi connectivity index (χ0v) is 15.0. The molecule has 1 aliphatic rings. The van der Waals surface area contributed by atoms with Gasteiger partial charge in [-0.2, -0.15) is 0 Å². The lowest BCUT2D eigenvalue weighted by molar-refractivity contribution is -0.115. The van der Waals surface area contributed by atoms with Gasteiger partial charge in [0.2, 0.25) is 0 Å². The smallest absolute Gasteiger partial charge is 0.251 e. The molecular weight excluding hydrogens is 302 g/mol. The van der Waals surface area contributed by atoms with Crippen LogP contribution in [0.2, 0.25) is 0 Å². The third-order valence-corrected chi connectivity index (χ3v) is 4.03. The summed E-state index contributed by atoms with van der Waals surface area (Å²) in [6, 6.07) is 5.44. The van der Waals surface area contributed by atoms with Gasteiger partial charge < -0.3 is 10.1 Å². The number of hydrogen-bond acceptors (Lipinski definition) is 3. The second-order valence-electron chi connectivity index (χ2n) is 6.53. The molecule has 1 aromatic rings. The Labute approximate surface area is 143 Å². The molecule has 2 rings (SSSR count). The molecule has 0 aliphatic heterocycles. The molecule has 4 heteroatoms. The Morgan fingerprint density at radius 1 is 1.25 bits per heavy atom. The average Bonchev–Trinajstić information content (AvgIpc) is 2.47. The van der Waals surface area contributed by atoms with Crippen LogP contribution in [-0.4, -0.2) is 24.3 Å². The zero-order valence-electron chi connectivity index (χ0n) is 15.0. The molecule has 0 saturated heterocycles. The van der Waals surface area contributed by atoms with Crippen molar-refractivity contribution in [3.05, 3.63) is 52.1 Å². The van der Waals surface area contributed by atoms with Crippen molar-refractivity contribution in [2.45, 2.75) is 47.1 Å². The Morgan fingerprint density at radius 3 is 2.58 bits per heavy atom. The second kappa shape index (κ2) is 7.47. The van der Waals surface area contributed by atoms with Gasteiger partial charge >= 0.3 is 0 Å². The normalized spacial score (nSPS) is 14.8. The molecule has 1 amide bonds. The minimum atomic E-state index is -0.193. The highest BCUT2D eigenvalue weighted by Gasteiger charge is 2.19. The molecule has 4 nitrogen and oxygen atoms in total.